The van der Waals surface area contributed by atoms with E-state index < -0.39 is 6.17 Å². The molecule has 2 rings (SSSR count). The van der Waals surface area contributed by atoms with E-state index in [9.17, 15) is 4.39 Å². The first kappa shape index (κ1) is 21.4. The molecule has 0 aliphatic heterocycles. The minimum Gasteiger partial charge on any atom is -0.494 e. The maximum atomic E-state index is 12.9. The zero-order chi connectivity index (χ0) is 19.3. The second kappa shape index (κ2) is 12.5. The van der Waals surface area contributed by atoms with Crippen LogP contribution in [0.1, 0.15) is 70.8 Å². The topological polar surface area (TPSA) is 22.1 Å². The first-order chi connectivity index (χ1) is 13.2. The third-order valence-corrected chi connectivity index (χ3v) is 4.81. The summed E-state index contributed by atoms with van der Waals surface area (Å²) in [4.78, 5) is 4.55. The molecule has 0 saturated carbocycles. The van der Waals surface area contributed by atoms with Gasteiger partial charge in [0.05, 0.1) is 18.5 Å². The molecule has 2 nitrogen and oxygen atoms in total. The van der Waals surface area contributed by atoms with Gasteiger partial charge in [-0.3, -0.25) is 4.98 Å². The van der Waals surface area contributed by atoms with Crippen LogP contribution in [0, 0.1) is 0 Å². The van der Waals surface area contributed by atoms with Gasteiger partial charge in [-0.2, -0.15) is 0 Å². The lowest BCUT2D eigenvalue weighted by Crippen LogP contribution is -1.97. The third kappa shape index (κ3) is 8.55. The number of pyridine rings is 1. The summed E-state index contributed by atoms with van der Waals surface area (Å²) in [6.07, 6.45) is 11.2. The molecule has 1 aromatic heterocycles. The first-order valence-corrected chi connectivity index (χ1v) is 10.5. The minimum absolute atomic E-state index is 0.613. The molecule has 1 unspecified atom stereocenters. The first-order valence-electron chi connectivity index (χ1n) is 10.5. The molecule has 0 aliphatic rings. The van der Waals surface area contributed by atoms with Crippen molar-refractivity contribution in [2.45, 2.75) is 77.8 Å². The molecule has 1 atom stereocenters. The lowest BCUT2D eigenvalue weighted by Gasteiger charge is -2.08. The molecule has 148 valence electrons. The van der Waals surface area contributed by atoms with E-state index in [0.29, 0.717) is 6.42 Å². The molecule has 0 bridgehead atoms. The Balaban J connectivity index is 1.74. The summed E-state index contributed by atoms with van der Waals surface area (Å²) in [6, 6.07) is 12.3. The predicted octanol–water partition coefficient (Wildman–Crippen LogP) is 7.17. The number of benzene rings is 1. The number of alkyl halides is 1. The van der Waals surface area contributed by atoms with Crippen LogP contribution in [0.5, 0.6) is 5.75 Å². The number of hydrogen-bond acceptors (Lipinski definition) is 2. The monoisotopic (exact) mass is 371 g/mol. The highest BCUT2D eigenvalue weighted by Gasteiger charge is 2.03. The van der Waals surface area contributed by atoms with E-state index in [1.165, 1.54) is 37.7 Å². The van der Waals surface area contributed by atoms with Gasteiger partial charge in [0.25, 0.3) is 0 Å². The molecule has 0 fully saturated rings. The summed E-state index contributed by atoms with van der Waals surface area (Å²) in [6.45, 7) is 4.64. The highest BCUT2D eigenvalue weighted by atomic mass is 19.1. The van der Waals surface area contributed by atoms with Crippen molar-refractivity contribution in [2.24, 2.45) is 0 Å². The van der Waals surface area contributed by atoms with Gasteiger partial charge in [-0.1, -0.05) is 45.1 Å². The number of aryl methyl sites for hydroxylation is 1. The van der Waals surface area contributed by atoms with Gasteiger partial charge >= 0.3 is 0 Å². The van der Waals surface area contributed by atoms with Crippen molar-refractivity contribution in [1.82, 2.24) is 4.98 Å². The molecule has 1 heterocycles. The van der Waals surface area contributed by atoms with Gasteiger partial charge in [0, 0.05) is 11.8 Å². The maximum Gasteiger partial charge on any atom is 0.119 e. The number of ether oxygens (including phenoxy) is 1. The quantitative estimate of drug-likeness (QED) is 0.348. The average Bonchev–Trinajstić information content (AvgIpc) is 2.68. The molecule has 3 heteroatoms. The standard InChI is InChI=1S/C24H34FNO/c1-3-4-5-6-7-8-18-27-23-15-13-22(14-16-23)24-17-12-21(19-26-24)11-9-10-20(2)25/h12-17,19-20H,3-11,18H2,1-2H3. The summed E-state index contributed by atoms with van der Waals surface area (Å²) >= 11 is 0. The van der Waals surface area contributed by atoms with Crippen molar-refractivity contribution >= 4 is 0 Å². The number of hydrogen-bond donors (Lipinski definition) is 0. The van der Waals surface area contributed by atoms with Gasteiger partial charge in [-0.25, -0.2) is 4.39 Å². The highest BCUT2D eigenvalue weighted by molar-refractivity contribution is 5.60. The van der Waals surface area contributed by atoms with Crippen LogP contribution in [0.4, 0.5) is 4.39 Å². The Morgan fingerprint density at radius 2 is 1.67 bits per heavy atom. The Hall–Kier alpha value is -1.90. The van der Waals surface area contributed by atoms with Gasteiger partial charge in [-0.15, -0.1) is 0 Å². The average molecular weight is 372 g/mol. The zero-order valence-electron chi connectivity index (χ0n) is 16.9. The van der Waals surface area contributed by atoms with Crippen LogP contribution in [0.3, 0.4) is 0 Å². The number of aromatic nitrogens is 1. The number of halogens is 1. The molecule has 27 heavy (non-hydrogen) atoms. The van der Waals surface area contributed by atoms with Crippen molar-refractivity contribution in [1.29, 1.82) is 0 Å². The zero-order valence-corrected chi connectivity index (χ0v) is 16.9. The second-order valence-corrected chi connectivity index (χ2v) is 7.37. The van der Waals surface area contributed by atoms with E-state index in [1.54, 1.807) is 6.92 Å². The third-order valence-electron chi connectivity index (χ3n) is 4.81. The van der Waals surface area contributed by atoms with Crippen molar-refractivity contribution in [3.8, 4) is 17.0 Å². The Kier molecular flexibility index (Phi) is 9.89. The molecule has 0 N–H and O–H groups in total. The summed E-state index contributed by atoms with van der Waals surface area (Å²) in [7, 11) is 0. The highest BCUT2D eigenvalue weighted by Crippen LogP contribution is 2.21. The fourth-order valence-corrected chi connectivity index (χ4v) is 3.12. The molecule has 0 amide bonds. The second-order valence-electron chi connectivity index (χ2n) is 7.37. The lowest BCUT2D eigenvalue weighted by atomic mass is 10.1. The fraction of sp³-hybridized carbons (Fsp3) is 0.542. The normalized spacial score (nSPS) is 12.1. The number of rotatable bonds is 13. The number of nitrogens with zero attached hydrogens (tertiary/aromatic N) is 1. The molecule has 2 aromatic rings. The van der Waals surface area contributed by atoms with Crippen molar-refractivity contribution in [3.05, 3.63) is 48.2 Å². The number of unbranched alkanes of at least 4 members (excludes halogenated alkanes) is 5. The van der Waals surface area contributed by atoms with Crippen LogP contribution in [-0.2, 0) is 6.42 Å². The molecular formula is C24H34FNO. The molecule has 0 saturated heterocycles. The largest absolute Gasteiger partial charge is 0.494 e. The van der Waals surface area contributed by atoms with Gasteiger partial charge in [0.15, 0.2) is 0 Å². The summed E-state index contributed by atoms with van der Waals surface area (Å²) < 4.78 is 18.7. The van der Waals surface area contributed by atoms with E-state index in [4.69, 9.17) is 4.74 Å². The van der Waals surface area contributed by atoms with E-state index >= 15 is 0 Å². The minimum atomic E-state index is -0.723. The van der Waals surface area contributed by atoms with Crippen molar-refractivity contribution < 1.29 is 9.13 Å². The van der Waals surface area contributed by atoms with E-state index in [2.05, 4.69) is 30.1 Å². The van der Waals surface area contributed by atoms with Crippen LogP contribution in [0.25, 0.3) is 11.3 Å². The van der Waals surface area contributed by atoms with Crippen LogP contribution >= 0.6 is 0 Å². The molecule has 0 radical (unpaired) electrons. The summed E-state index contributed by atoms with van der Waals surface area (Å²) in [5, 5.41) is 0. The van der Waals surface area contributed by atoms with Crippen molar-refractivity contribution in [3.63, 3.8) is 0 Å². The molecule has 1 aromatic carbocycles. The summed E-state index contributed by atoms with van der Waals surface area (Å²) in [5.41, 5.74) is 3.21. The Bertz CT molecular complexity index is 622. The summed E-state index contributed by atoms with van der Waals surface area (Å²) in [5.74, 6) is 0.921. The van der Waals surface area contributed by atoms with Gasteiger partial charge in [0.2, 0.25) is 0 Å². The van der Waals surface area contributed by atoms with Gasteiger partial charge in [0.1, 0.15) is 5.75 Å². The smallest absolute Gasteiger partial charge is 0.119 e. The van der Waals surface area contributed by atoms with Gasteiger partial charge < -0.3 is 4.74 Å². The van der Waals surface area contributed by atoms with Crippen molar-refractivity contribution in [2.75, 3.05) is 6.61 Å². The van der Waals surface area contributed by atoms with E-state index in [0.717, 1.165) is 42.9 Å². The fourth-order valence-electron chi connectivity index (χ4n) is 3.12. The van der Waals surface area contributed by atoms with Crippen LogP contribution in [0.2, 0.25) is 0 Å². The maximum absolute atomic E-state index is 12.9. The molecule has 0 aliphatic carbocycles. The van der Waals surface area contributed by atoms with Crippen LogP contribution in [-0.4, -0.2) is 17.8 Å². The Morgan fingerprint density at radius 3 is 2.33 bits per heavy atom. The Labute approximate surface area is 164 Å². The molecule has 0 spiro atoms. The Morgan fingerprint density at radius 1 is 0.926 bits per heavy atom. The van der Waals surface area contributed by atoms with E-state index in [-0.39, 0.29) is 0 Å². The van der Waals surface area contributed by atoms with Gasteiger partial charge in [-0.05, 0) is 68.5 Å². The van der Waals surface area contributed by atoms with E-state index in [1.807, 2.05) is 24.4 Å². The van der Waals surface area contributed by atoms with Crippen LogP contribution in [0.15, 0.2) is 42.6 Å². The lowest BCUT2D eigenvalue weighted by molar-refractivity contribution is 0.304. The molecular weight excluding hydrogens is 337 g/mol. The SMILES string of the molecule is CCCCCCCCOc1ccc(-c2ccc(CCCC(C)F)cn2)cc1. The van der Waals surface area contributed by atoms with Crippen LogP contribution < -0.4 is 4.74 Å². The predicted molar refractivity (Wildman–Crippen MR) is 112 cm³/mol.